The fraction of sp³-hybridized carbons (Fsp3) is 0.440. The third kappa shape index (κ3) is 5.95. The molecule has 1 aliphatic heterocycles. The highest BCUT2D eigenvalue weighted by Gasteiger charge is 2.30. The molecule has 2 aromatic rings. The van der Waals surface area contributed by atoms with Gasteiger partial charge in [-0.05, 0) is 63.4 Å². The van der Waals surface area contributed by atoms with E-state index in [2.05, 4.69) is 5.32 Å². The van der Waals surface area contributed by atoms with Crippen molar-refractivity contribution in [3.8, 4) is 5.75 Å². The van der Waals surface area contributed by atoms with E-state index in [1.54, 1.807) is 6.07 Å². The molecule has 0 saturated carbocycles. The summed E-state index contributed by atoms with van der Waals surface area (Å²) >= 11 is 0. The number of nitrogens with one attached hydrogen (secondary N) is 1. The van der Waals surface area contributed by atoms with E-state index in [9.17, 15) is 18.0 Å². The largest absolute Gasteiger partial charge is 0.495 e. The lowest BCUT2D eigenvalue weighted by Crippen LogP contribution is -2.32. The van der Waals surface area contributed by atoms with E-state index in [4.69, 9.17) is 9.47 Å². The Kier molecular flexibility index (Phi) is 8.33. The van der Waals surface area contributed by atoms with Crippen LogP contribution in [0.1, 0.15) is 54.1 Å². The predicted octanol–water partition coefficient (Wildman–Crippen LogP) is 4.06. The molecule has 1 unspecified atom stereocenters. The fourth-order valence-corrected chi connectivity index (χ4v) is 5.60. The van der Waals surface area contributed by atoms with Gasteiger partial charge in [-0.1, -0.05) is 30.5 Å². The molecular formula is C25H32N2O6S. The zero-order valence-corrected chi connectivity index (χ0v) is 20.9. The molecule has 8 nitrogen and oxygen atoms in total. The van der Waals surface area contributed by atoms with Crippen molar-refractivity contribution in [1.82, 2.24) is 4.31 Å². The topological polar surface area (TPSA) is 102 Å². The second kappa shape index (κ2) is 11.0. The van der Waals surface area contributed by atoms with Crippen molar-refractivity contribution in [3.05, 3.63) is 53.1 Å². The summed E-state index contributed by atoms with van der Waals surface area (Å²) in [4.78, 5) is 25.3. The number of anilines is 1. The van der Waals surface area contributed by atoms with E-state index in [0.717, 1.165) is 36.8 Å². The van der Waals surface area contributed by atoms with Gasteiger partial charge in [-0.15, -0.1) is 0 Å². The molecule has 0 spiro atoms. The fourth-order valence-electron chi connectivity index (χ4n) is 3.90. The van der Waals surface area contributed by atoms with Gasteiger partial charge in [-0.2, -0.15) is 4.31 Å². The Morgan fingerprint density at radius 1 is 1.00 bits per heavy atom. The molecule has 1 fully saturated rings. The first-order chi connectivity index (χ1) is 16.1. The van der Waals surface area contributed by atoms with Crippen LogP contribution in [0, 0.1) is 13.8 Å². The van der Waals surface area contributed by atoms with Crippen LogP contribution in [0.3, 0.4) is 0 Å². The number of amides is 1. The highest BCUT2D eigenvalue weighted by atomic mass is 32.2. The Bertz CT molecular complexity index is 1150. The maximum absolute atomic E-state index is 13.3. The highest BCUT2D eigenvalue weighted by molar-refractivity contribution is 7.89. The van der Waals surface area contributed by atoms with Crippen LogP contribution in [-0.4, -0.2) is 50.9 Å². The number of methoxy groups -OCH3 is 1. The van der Waals surface area contributed by atoms with Gasteiger partial charge in [-0.25, -0.2) is 13.2 Å². The van der Waals surface area contributed by atoms with Gasteiger partial charge in [0, 0.05) is 18.8 Å². The van der Waals surface area contributed by atoms with Crippen LogP contribution < -0.4 is 10.1 Å². The quantitative estimate of drug-likeness (QED) is 0.590. The minimum absolute atomic E-state index is 0.0281. The van der Waals surface area contributed by atoms with Gasteiger partial charge in [-0.3, -0.25) is 4.79 Å². The van der Waals surface area contributed by atoms with Crippen LogP contribution in [0.2, 0.25) is 0 Å². The maximum Gasteiger partial charge on any atom is 0.338 e. The summed E-state index contributed by atoms with van der Waals surface area (Å²) in [6.07, 6.45) is 2.46. The summed E-state index contributed by atoms with van der Waals surface area (Å²) in [6.45, 7) is 6.16. The van der Waals surface area contributed by atoms with Gasteiger partial charge < -0.3 is 14.8 Å². The van der Waals surface area contributed by atoms with E-state index in [1.165, 1.54) is 36.5 Å². The van der Waals surface area contributed by atoms with Crippen molar-refractivity contribution in [3.63, 3.8) is 0 Å². The van der Waals surface area contributed by atoms with Crippen molar-refractivity contribution in [2.24, 2.45) is 0 Å². The standard InChI is InChI=1S/C25H32N2O6S/c1-17-9-11-21(18(2)15-17)26-24(28)19(3)33-25(29)20-10-12-22(32-4)23(16-20)34(30,31)27-13-7-5-6-8-14-27/h9-12,15-16,19H,5-8,13-14H2,1-4H3,(H,26,28). The Morgan fingerprint density at radius 2 is 1.68 bits per heavy atom. The molecule has 1 heterocycles. The Hall–Kier alpha value is -2.91. The summed E-state index contributed by atoms with van der Waals surface area (Å²) < 4.78 is 38.7. The summed E-state index contributed by atoms with van der Waals surface area (Å²) in [7, 11) is -2.47. The number of hydrogen-bond donors (Lipinski definition) is 1. The summed E-state index contributed by atoms with van der Waals surface area (Å²) in [5, 5.41) is 2.76. The monoisotopic (exact) mass is 488 g/mol. The predicted molar refractivity (Wildman–Crippen MR) is 130 cm³/mol. The lowest BCUT2D eigenvalue weighted by atomic mass is 10.1. The van der Waals surface area contributed by atoms with Crippen molar-refractivity contribution < 1.29 is 27.5 Å². The summed E-state index contributed by atoms with van der Waals surface area (Å²) in [6, 6.07) is 9.73. The number of ether oxygens (including phenoxy) is 2. The zero-order valence-electron chi connectivity index (χ0n) is 20.1. The molecule has 1 atom stereocenters. The number of aryl methyl sites for hydroxylation is 2. The minimum Gasteiger partial charge on any atom is -0.495 e. The van der Waals surface area contributed by atoms with Crippen molar-refractivity contribution in [2.75, 3.05) is 25.5 Å². The Morgan fingerprint density at radius 3 is 2.29 bits per heavy atom. The maximum atomic E-state index is 13.3. The SMILES string of the molecule is COc1ccc(C(=O)OC(C)C(=O)Nc2ccc(C)cc2C)cc1S(=O)(=O)N1CCCCCC1. The van der Waals surface area contributed by atoms with Crippen molar-refractivity contribution >= 4 is 27.6 Å². The van der Waals surface area contributed by atoms with E-state index in [1.807, 2.05) is 26.0 Å². The first-order valence-corrected chi connectivity index (χ1v) is 12.8. The second-order valence-corrected chi connectivity index (χ2v) is 10.4. The van der Waals surface area contributed by atoms with Crippen LogP contribution in [0.25, 0.3) is 0 Å². The van der Waals surface area contributed by atoms with Crippen LogP contribution in [0.4, 0.5) is 5.69 Å². The molecule has 0 bridgehead atoms. The number of carbonyl (C=O) groups excluding carboxylic acids is 2. The van der Waals surface area contributed by atoms with Crippen LogP contribution in [0.5, 0.6) is 5.75 Å². The zero-order chi connectivity index (χ0) is 24.9. The van der Waals surface area contributed by atoms with Gasteiger partial charge in [0.25, 0.3) is 5.91 Å². The summed E-state index contributed by atoms with van der Waals surface area (Å²) in [5.74, 6) is -1.12. The molecule has 1 N–H and O–H groups in total. The Labute approximate surface area is 201 Å². The van der Waals surface area contributed by atoms with Gasteiger partial charge in [0.1, 0.15) is 10.6 Å². The molecule has 0 aromatic heterocycles. The number of nitrogens with zero attached hydrogens (tertiary/aromatic N) is 1. The van der Waals surface area contributed by atoms with E-state index in [-0.39, 0.29) is 16.2 Å². The second-order valence-electron chi connectivity index (χ2n) is 8.54. The lowest BCUT2D eigenvalue weighted by molar-refractivity contribution is -0.123. The minimum atomic E-state index is -3.86. The lowest BCUT2D eigenvalue weighted by Gasteiger charge is -2.21. The molecule has 34 heavy (non-hydrogen) atoms. The van der Waals surface area contributed by atoms with Gasteiger partial charge in [0.2, 0.25) is 10.0 Å². The molecule has 3 rings (SSSR count). The van der Waals surface area contributed by atoms with Crippen LogP contribution in [-0.2, 0) is 19.6 Å². The first kappa shape index (κ1) is 25.7. The number of hydrogen-bond acceptors (Lipinski definition) is 6. The number of sulfonamides is 1. The van der Waals surface area contributed by atoms with Crippen LogP contribution in [0.15, 0.2) is 41.3 Å². The Balaban J connectivity index is 1.77. The highest BCUT2D eigenvalue weighted by Crippen LogP contribution is 2.30. The number of benzene rings is 2. The third-order valence-electron chi connectivity index (χ3n) is 5.88. The van der Waals surface area contributed by atoms with E-state index < -0.39 is 28.0 Å². The van der Waals surface area contributed by atoms with Crippen molar-refractivity contribution in [2.45, 2.75) is 57.5 Å². The number of esters is 1. The smallest absolute Gasteiger partial charge is 0.338 e. The molecule has 9 heteroatoms. The number of rotatable bonds is 7. The number of carbonyl (C=O) groups is 2. The molecule has 1 saturated heterocycles. The van der Waals surface area contributed by atoms with Gasteiger partial charge in [0.05, 0.1) is 12.7 Å². The molecule has 2 aromatic carbocycles. The third-order valence-corrected chi connectivity index (χ3v) is 7.79. The molecule has 184 valence electrons. The first-order valence-electron chi connectivity index (χ1n) is 11.4. The average Bonchev–Trinajstić information content (AvgIpc) is 3.10. The van der Waals surface area contributed by atoms with Gasteiger partial charge >= 0.3 is 5.97 Å². The molecule has 0 aliphatic carbocycles. The van der Waals surface area contributed by atoms with Gasteiger partial charge in [0.15, 0.2) is 6.10 Å². The molecule has 1 amide bonds. The molecule has 1 aliphatic rings. The van der Waals surface area contributed by atoms with E-state index in [0.29, 0.717) is 18.8 Å². The summed E-state index contributed by atoms with van der Waals surface area (Å²) in [5.41, 5.74) is 2.62. The van der Waals surface area contributed by atoms with E-state index >= 15 is 0 Å². The average molecular weight is 489 g/mol. The van der Waals surface area contributed by atoms with Crippen LogP contribution >= 0.6 is 0 Å². The van der Waals surface area contributed by atoms with Crippen molar-refractivity contribution in [1.29, 1.82) is 0 Å². The normalized spacial score (nSPS) is 15.8. The molecule has 0 radical (unpaired) electrons. The molecular weight excluding hydrogens is 456 g/mol.